The predicted molar refractivity (Wildman–Crippen MR) is 71.3 cm³/mol. The minimum atomic E-state index is -0.861. The van der Waals surface area contributed by atoms with Gasteiger partial charge in [-0.2, -0.15) is 0 Å². The second kappa shape index (κ2) is 8.20. The SMILES string of the molecule is NC(=O)NCCNC(=O)N1CCCN(CC(=O)O)CC1. The van der Waals surface area contributed by atoms with E-state index >= 15 is 0 Å². The van der Waals surface area contributed by atoms with Gasteiger partial charge in [-0.25, -0.2) is 9.59 Å². The molecule has 1 fully saturated rings. The largest absolute Gasteiger partial charge is 0.480 e. The predicted octanol–water partition coefficient (Wildman–Crippen LogP) is -1.54. The zero-order valence-electron chi connectivity index (χ0n) is 11.3. The lowest BCUT2D eigenvalue weighted by molar-refractivity contribution is -0.138. The second-order valence-electron chi connectivity index (χ2n) is 4.53. The number of carbonyl (C=O) groups excluding carboxylic acids is 2. The average Bonchev–Trinajstić information content (AvgIpc) is 2.59. The van der Waals surface area contributed by atoms with Crippen molar-refractivity contribution >= 4 is 18.0 Å². The average molecular weight is 287 g/mol. The highest BCUT2D eigenvalue weighted by Gasteiger charge is 2.19. The molecule has 1 heterocycles. The summed E-state index contributed by atoms with van der Waals surface area (Å²) < 4.78 is 0. The summed E-state index contributed by atoms with van der Waals surface area (Å²) in [5.41, 5.74) is 4.90. The first-order valence-corrected chi connectivity index (χ1v) is 6.49. The topological polar surface area (TPSA) is 128 Å². The van der Waals surface area contributed by atoms with Crippen LogP contribution in [0.4, 0.5) is 9.59 Å². The number of hydrogen-bond acceptors (Lipinski definition) is 4. The van der Waals surface area contributed by atoms with Crippen LogP contribution in [-0.4, -0.2) is 78.8 Å². The Kier molecular flexibility index (Phi) is 6.57. The van der Waals surface area contributed by atoms with Gasteiger partial charge in [-0.05, 0) is 6.42 Å². The molecule has 0 aromatic carbocycles. The van der Waals surface area contributed by atoms with Gasteiger partial charge in [0.15, 0.2) is 0 Å². The number of nitrogens with two attached hydrogens (primary N) is 1. The Balaban J connectivity index is 2.27. The number of carbonyl (C=O) groups is 3. The van der Waals surface area contributed by atoms with Crippen molar-refractivity contribution in [1.82, 2.24) is 20.4 Å². The second-order valence-corrected chi connectivity index (χ2v) is 4.53. The molecule has 0 unspecified atom stereocenters. The Morgan fingerprint density at radius 3 is 2.40 bits per heavy atom. The molecule has 0 saturated carbocycles. The van der Waals surface area contributed by atoms with Crippen LogP contribution < -0.4 is 16.4 Å². The van der Waals surface area contributed by atoms with E-state index in [1.807, 2.05) is 4.90 Å². The van der Waals surface area contributed by atoms with Gasteiger partial charge in [0.05, 0.1) is 6.54 Å². The fourth-order valence-electron chi connectivity index (χ4n) is 1.99. The van der Waals surface area contributed by atoms with Crippen molar-refractivity contribution in [3.63, 3.8) is 0 Å². The third-order valence-corrected chi connectivity index (χ3v) is 2.94. The monoisotopic (exact) mass is 287 g/mol. The zero-order chi connectivity index (χ0) is 15.0. The number of rotatable bonds is 5. The molecule has 9 heteroatoms. The number of carboxylic acids is 1. The number of urea groups is 2. The molecule has 0 atom stereocenters. The Morgan fingerprint density at radius 1 is 1.05 bits per heavy atom. The van der Waals surface area contributed by atoms with Crippen LogP contribution in [0.1, 0.15) is 6.42 Å². The molecule has 0 aromatic heterocycles. The maximum absolute atomic E-state index is 11.9. The van der Waals surface area contributed by atoms with Crippen LogP contribution in [0.25, 0.3) is 0 Å². The van der Waals surface area contributed by atoms with Crippen LogP contribution in [0.3, 0.4) is 0 Å². The van der Waals surface area contributed by atoms with Crippen molar-refractivity contribution in [3.05, 3.63) is 0 Å². The van der Waals surface area contributed by atoms with E-state index < -0.39 is 12.0 Å². The van der Waals surface area contributed by atoms with Gasteiger partial charge in [-0.15, -0.1) is 0 Å². The first-order chi connectivity index (χ1) is 9.49. The maximum Gasteiger partial charge on any atom is 0.317 e. The van der Waals surface area contributed by atoms with Crippen LogP contribution in [0.15, 0.2) is 0 Å². The molecule has 0 aliphatic carbocycles. The number of amides is 4. The van der Waals surface area contributed by atoms with E-state index in [1.165, 1.54) is 0 Å². The molecule has 1 aliphatic heterocycles. The molecule has 114 valence electrons. The highest BCUT2D eigenvalue weighted by Crippen LogP contribution is 2.03. The van der Waals surface area contributed by atoms with Crippen molar-refractivity contribution in [2.45, 2.75) is 6.42 Å². The molecule has 0 spiro atoms. The minimum absolute atomic E-state index is 0.00199. The van der Waals surface area contributed by atoms with Crippen LogP contribution in [0, 0.1) is 0 Å². The number of nitrogens with one attached hydrogen (secondary N) is 2. The van der Waals surface area contributed by atoms with E-state index in [9.17, 15) is 14.4 Å². The summed E-state index contributed by atoms with van der Waals surface area (Å²) in [5.74, 6) is -0.861. The zero-order valence-corrected chi connectivity index (χ0v) is 11.3. The number of primary amides is 1. The lowest BCUT2D eigenvalue weighted by Gasteiger charge is -2.21. The standard InChI is InChI=1S/C11H21N5O4/c12-10(19)13-2-3-14-11(20)16-5-1-4-15(6-7-16)8-9(17)18/h1-8H2,(H,14,20)(H,17,18)(H3,12,13,19). The molecule has 0 bridgehead atoms. The Labute approximate surface area is 117 Å². The molecule has 4 amide bonds. The third-order valence-electron chi connectivity index (χ3n) is 2.94. The van der Waals surface area contributed by atoms with Crippen molar-refractivity contribution in [3.8, 4) is 0 Å². The summed E-state index contributed by atoms with van der Waals surface area (Å²) in [7, 11) is 0. The first kappa shape index (κ1) is 16.0. The lowest BCUT2D eigenvalue weighted by atomic mass is 10.4. The molecule has 20 heavy (non-hydrogen) atoms. The van der Waals surface area contributed by atoms with Crippen molar-refractivity contribution < 1.29 is 19.5 Å². The molecule has 0 aromatic rings. The van der Waals surface area contributed by atoms with Crippen LogP contribution in [0.5, 0.6) is 0 Å². The van der Waals surface area contributed by atoms with E-state index in [4.69, 9.17) is 10.8 Å². The van der Waals surface area contributed by atoms with Gasteiger partial charge >= 0.3 is 18.0 Å². The van der Waals surface area contributed by atoms with Crippen LogP contribution in [-0.2, 0) is 4.79 Å². The van der Waals surface area contributed by atoms with Crippen LogP contribution >= 0.6 is 0 Å². The molecule has 0 radical (unpaired) electrons. The van der Waals surface area contributed by atoms with E-state index in [1.54, 1.807) is 4.90 Å². The molecule has 9 nitrogen and oxygen atoms in total. The Hall–Kier alpha value is -2.03. The van der Waals surface area contributed by atoms with Crippen LogP contribution in [0.2, 0.25) is 0 Å². The van der Waals surface area contributed by atoms with Gasteiger partial charge in [0.25, 0.3) is 0 Å². The van der Waals surface area contributed by atoms with Gasteiger partial charge in [0.2, 0.25) is 0 Å². The fraction of sp³-hybridized carbons (Fsp3) is 0.727. The lowest BCUT2D eigenvalue weighted by Crippen LogP contribution is -2.45. The van der Waals surface area contributed by atoms with Crippen molar-refractivity contribution in [2.75, 3.05) is 45.8 Å². The third kappa shape index (κ3) is 6.23. The summed E-state index contributed by atoms with van der Waals surface area (Å²) >= 11 is 0. The van der Waals surface area contributed by atoms with E-state index in [-0.39, 0.29) is 19.1 Å². The van der Waals surface area contributed by atoms with E-state index in [0.29, 0.717) is 32.7 Å². The summed E-state index contributed by atoms with van der Waals surface area (Å²) in [6.07, 6.45) is 0.736. The molecular weight excluding hydrogens is 266 g/mol. The van der Waals surface area contributed by atoms with Crippen molar-refractivity contribution in [1.29, 1.82) is 0 Å². The summed E-state index contributed by atoms with van der Waals surface area (Å²) in [4.78, 5) is 36.4. The fourth-order valence-corrected chi connectivity index (χ4v) is 1.99. The van der Waals surface area contributed by atoms with Gasteiger partial charge in [-0.3, -0.25) is 9.69 Å². The number of carboxylic acid groups (broad SMARTS) is 1. The highest BCUT2D eigenvalue weighted by atomic mass is 16.4. The smallest absolute Gasteiger partial charge is 0.317 e. The molecular formula is C11H21N5O4. The summed E-state index contributed by atoms with van der Waals surface area (Å²) in [5, 5.41) is 13.8. The number of hydrogen-bond donors (Lipinski definition) is 4. The number of nitrogens with zero attached hydrogens (tertiary/aromatic N) is 2. The van der Waals surface area contributed by atoms with Gasteiger partial charge in [-0.1, -0.05) is 0 Å². The van der Waals surface area contributed by atoms with Crippen molar-refractivity contribution in [2.24, 2.45) is 5.73 Å². The molecule has 1 aliphatic rings. The van der Waals surface area contributed by atoms with Gasteiger partial charge in [0.1, 0.15) is 0 Å². The molecule has 5 N–H and O–H groups in total. The normalized spacial score (nSPS) is 16.3. The summed E-state index contributed by atoms with van der Waals surface area (Å²) in [6, 6.07) is -0.841. The first-order valence-electron chi connectivity index (χ1n) is 6.49. The van der Waals surface area contributed by atoms with E-state index in [0.717, 1.165) is 6.42 Å². The Morgan fingerprint density at radius 2 is 1.75 bits per heavy atom. The highest BCUT2D eigenvalue weighted by molar-refractivity contribution is 5.74. The maximum atomic E-state index is 11.9. The summed E-state index contributed by atoms with van der Waals surface area (Å²) in [6.45, 7) is 2.86. The van der Waals surface area contributed by atoms with E-state index in [2.05, 4.69) is 10.6 Å². The van der Waals surface area contributed by atoms with Gasteiger partial charge < -0.3 is 26.4 Å². The number of aliphatic carboxylic acids is 1. The molecule has 1 rings (SSSR count). The quantitative estimate of drug-likeness (QED) is 0.455. The van der Waals surface area contributed by atoms with Gasteiger partial charge in [0, 0.05) is 39.3 Å². The minimum Gasteiger partial charge on any atom is -0.480 e. The molecule has 1 saturated heterocycles. The Bertz CT molecular complexity index is 363.